The van der Waals surface area contributed by atoms with Gasteiger partial charge in [-0.05, 0) is 51.0 Å². The summed E-state index contributed by atoms with van der Waals surface area (Å²) in [6.07, 6.45) is 2.36. The summed E-state index contributed by atoms with van der Waals surface area (Å²) in [5.74, 6) is 2.20. The molecule has 0 unspecified atom stereocenters. The quantitative estimate of drug-likeness (QED) is 0.842. The maximum atomic E-state index is 12.7. The highest BCUT2D eigenvalue weighted by molar-refractivity contribution is 7.99. The number of aromatic nitrogens is 1. The number of hydrogen-bond donors (Lipinski definition) is 2. The lowest BCUT2D eigenvalue weighted by Crippen LogP contribution is -2.42. The van der Waals surface area contributed by atoms with Crippen LogP contribution in [-0.4, -0.2) is 70.5 Å². The van der Waals surface area contributed by atoms with E-state index < -0.39 is 0 Å². The highest BCUT2D eigenvalue weighted by Gasteiger charge is 2.22. The summed E-state index contributed by atoms with van der Waals surface area (Å²) in [6.45, 7) is 8.56. The van der Waals surface area contributed by atoms with Gasteiger partial charge in [0.15, 0.2) is 0 Å². The number of piperidine rings is 1. The van der Waals surface area contributed by atoms with Gasteiger partial charge < -0.3 is 20.1 Å². The topological polar surface area (TPSA) is 51.4 Å². The zero-order chi connectivity index (χ0) is 18.8. The van der Waals surface area contributed by atoms with Crippen LogP contribution in [0.1, 0.15) is 37.2 Å². The third-order valence-electron chi connectivity index (χ3n) is 5.78. The van der Waals surface area contributed by atoms with Gasteiger partial charge in [-0.2, -0.15) is 11.8 Å². The van der Waals surface area contributed by atoms with Crippen molar-refractivity contribution in [1.29, 1.82) is 0 Å². The van der Waals surface area contributed by atoms with Gasteiger partial charge in [0, 0.05) is 66.4 Å². The molecule has 1 amide bonds. The maximum Gasteiger partial charge on any atom is 0.270 e. The molecule has 2 aromatic rings. The number of likely N-dealkylation sites (tertiary alicyclic amines) is 1. The van der Waals surface area contributed by atoms with Gasteiger partial charge in [-0.25, -0.2) is 0 Å². The monoisotopic (exact) mass is 386 g/mol. The van der Waals surface area contributed by atoms with E-state index >= 15 is 0 Å². The molecule has 0 saturated carbocycles. The van der Waals surface area contributed by atoms with Gasteiger partial charge in [-0.15, -0.1) is 0 Å². The first kappa shape index (κ1) is 18.7. The van der Waals surface area contributed by atoms with Crippen molar-refractivity contribution in [2.45, 2.75) is 38.8 Å². The Bertz CT molecular complexity index is 789. The van der Waals surface area contributed by atoms with Crippen LogP contribution in [0.25, 0.3) is 10.9 Å². The van der Waals surface area contributed by atoms with E-state index in [0.29, 0.717) is 17.8 Å². The van der Waals surface area contributed by atoms with Gasteiger partial charge in [-0.1, -0.05) is 0 Å². The molecule has 2 fully saturated rings. The molecule has 1 aromatic carbocycles. The normalized spacial score (nSPS) is 19.7. The van der Waals surface area contributed by atoms with Crippen molar-refractivity contribution >= 4 is 34.3 Å². The Morgan fingerprint density at radius 1 is 1.15 bits per heavy atom. The lowest BCUT2D eigenvalue weighted by Gasteiger charge is -2.35. The fourth-order valence-electron chi connectivity index (χ4n) is 4.07. The summed E-state index contributed by atoms with van der Waals surface area (Å²) < 4.78 is 0. The minimum atomic E-state index is 0.127. The number of amides is 1. The second kappa shape index (κ2) is 8.15. The number of thioether (sulfide) groups is 1. The van der Waals surface area contributed by atoms with E-state index in [4.69, 9.17) is 0 Å². The Labute approximate surface area is 165 Å². The van der Waals surface area contributed by atoms with E-state index in [2.05, 4.69) is 47.2 Å². The van der Waals surface area contributed by atoms with Crippen molar-refractivity contribution in [1.82, 2.24) is 14.8 Å². The molecule has 0 aliphatic carbocycles. The van der Waals surface area contributed by atoms with Crippen LogP contribution >= 0.6 is 11.8 Å². The van der Waals surface area contributed by atoms with Crippen molar-refractivity contribution in [3.63, 3.8) is 0 Å². The average molecular weight is 387 g/mol. The second-order valence-electron chi connectivity index (χ2n) is 7.94. The number of aromatic amines is 1. The highest BCUT2D eigenvalue weighted by Crippen LogP contribution is 2.24. The molecular weight excluding hydrogens is 356 g/mol. The first-order chi connectivity index (χ1) is 13.1. The predicted molar refractivity (Wildman–Crippen MR) is 115 cm³/mol. The zero-order valence-corrected chi connectivity index (χ0v) is 17.1. The molecule has 27 heavy (non-hydrogen) atoms. The van der Waals surface area contributed by atoms with Gasteiger partial charge >= 0.3 is 0 Å². The number of nitrogens with one attached hydrogen (secondary N) is 2. The average Bonchev–Trinajstić information content (AvgIpc) is 3.12. The van der Waals surface area contributed by atoms with Crippen LogP contribution in [0.2, 0.25) is 0 Å². The first-order valence-corrected chi connectivity index (χ1v) is 11.3. The molecule has 5 nitrogen and oxygen atoms in total. The van der Waals surface area contributed by atoms with Crippen LogP contribution in [0, 0.1) is 0 Å². The summed E-state index contributed by atoms with van der Waals surface area (Å²) in [6, 6.07) is 9.55. The summed E-state index contributed by atoms with van der Waals surface area (Å²) in [5, 5.41) is 4.80. The molecule has 2 N–H and O–H groups in total. The number of carbonyl (C=O) groups is 1. The molecular formula is C21H30N4OS. The van der Waals surface area contributed by atoms with Crippen molar-refractivity contribution in [3.05, 3.63) is 30.0 Å². The molecule has 2 aliphatic heterocycles. The van der Waals surface area contributed by atoms with Crippen LogP contribution in [0.5, 0.6) is 0 Å². The van der Waals surface area contributed by atoms with Gasteiger partial charge in [0.05, 0.1) is 0 Å². The second-order valence-corrected chi connectivity index (χ2v) is 9.16. The largest absolute Gasteiger partial charge is 0.382 e. The fourth-order valence-corrected chi connectivity index (χ4v) is 4.97. The van der Waals surface area contributed by atoms with Crippen molar-refractivity contribution in [2.75, 3.05) is 43.0 Å². The molecule has 2 aliphatic rings. The minimum Gasteiger partial charge on any atom is -0.382 e. The van der Waals surface area contributed by atoms with E-state index in [1.807, 2.05) is 22.7 Å². The number of rotatable bonds is 4. The molecule has 4 rings (SSSR count). The molecule has 0 atom stereocenters. The van der Waals surface area contributed by atoms with E-state index in [-0.39, 0.29) is 5.91 Å². The van der Waals surface area contributed by atoms with Gasteiger partial charge in [0.2, 0.25) is 0 Å². The van der Waals surface area contributed by atoms with Gasteiger partial charge in [-0.3, -0.25) is 4.79 Å². The number of benzene rings is 1. The van der Waals surface area contributed by atoms with E-state index in [9.17, 15) is 4.79 Å². The number of hydrogen-bond acceptors (Lipinski definition) is 4. The van der Waals surface area contributed by atoms with E-state index in [1.165, 1.54) is 12.8 Å². The highest BCUT2D eigenvalue weighted by atomic mass is 32.2. The molecule has 0 bridgehead atoms. The zero-order valence-electron chi connectivity index (χ0n) is 16.3. The summed E-state index contributed by atoms with van der Waals surface area (Å²) in [5.41, 5.74) is 2.89. The van der Waals surface area contributed by atoms with Crippen LogP contribution in [0.3, 0.4) is 0 Å². The molecule has 1 aromatic heterocycles. The van der Waals surface area contributed by atoms with Crippen molar-refractivity contribution < 1.29 is 4.79 Å². The Morgan fingerprint density at radius 3 is 2.59 bits per heavy atom. The minimum absolute atomic E-state index is 0.127. The smallest absolute Gasteiger partial charge is 0.270 e. The van der Waals surface area contributed by atoms with Crippen LogP contribution in [0.4, 0.5) is 5.69 Å². The standard InChI is InChI=1S/C21H30N4OS/c1-15(2)24-7-5-17(6-8-24)22-18-3-4-19-16(13-18)14-20(23-19)21(26)25-9-11-27-12-10-25/h3-4,13-15,17,22-23H,5-12H2,1-2H3. The Kier molecular flexibility index (Phi) is 5.64. The maximum absolute atomic E-state index is 12.7. The Hall–Kier alpha value is -1.66. The third kappa shape index (κ3) is 4.27. The predicted octanol–water partition coefficient (Wildman–Crippen LogP) is 3.64. The number of carbonyl (C=O) groups excluding carboxylic acids is 1. The Morgan fingerprint density at radius 2 is 1.89 bits per heavy atom. The molecule has 0 radical (unpaired) electrons. The first-order valence-electron chi connectivity index (χ1n) is 10.1. The van der Waals surface area contributed by atoms with Crippen LogP contribution in [-0.2, 0) is 0 Å². The lowest BCUT2D eigenvalue weighted by atomic mass is 10.0. The number of nitrogens with zero attached hydrogens (tertiary/aromatic N) is 2. The molecule has 0 spiro atoms. The number of fused-ring (bicyclic) bond motifs is 1. The summed E-state index contributed by atoms with van der Waals surface area (Å²) in [7, 11) is 0. The van der Waals surface area contributed by atoms with Gasteiger partial charge in [0.1, 0.15) is 5.69 Å². The lowest BCUT2D eigenvalue weighted by molar-refractivity contribution is 0.0767. The van der Waals surface area contributed by atoms with Gasteiger partial charge in [0.25, 0.3) is 5.91 Å². The van der Waals surface area contributed by atoms with Crippen LogP contribution in [0.15, 0.2) is 24.3 Å². The number of anilines is 1. The van der Waals surface area contributed by atoms with Crippen LogP contribution < -0.4 is 5.32 Å². The van der Waals surface area contributed by atoms with Crippen molar-refractivity contribution in [2.24, 2.45) is 0 Å². The fraction of sp³-hybridized carbons (Fsp3) is 0.571. The SMILES string of the molecule is CC(C)N1CCC(Nc2ccc3[nH]c(C(=O)N4CCSCC4)cc3c2)CC1. The Balaban J connectivity index is 1.43. The molecule has 146 valence electrons. The summed E-state index contributed by atoms with van der Waals surface area (Å²) in [4.78, 5) is 20.5. The molecule has 6 heteroatoms. The molecule has 3 heterocycles. The van der Waals surface area contributed by atoms with E-state index in [0.717, 1.165) is 54.3 Å². The van der Waals surface area contributed by atoms with Crippen molar-refractivity contribution in [3.8, 4) is 0 Å². The third-order valence-corrected chi connectivity index (χ3v) is 6.72. The summed E-state index contributed by atoms with van der Waals surface area (Å²) >= 11 is 1.92. The number of H-pyrrole nitrogens is 1. The molecule has 2 saturated heterocycles. The van der Waals surface area contributed by atoms with E-state index in [1.54, 1.807) is 0 Å².